The van der Waals surface area contributed by atoms with E-state index in [1.54, 1.807) is 10.9 Å². The van der Waals surface area contributed by atoms with E-state index in [1.165, 1.54) is 0 Å². The van der Waals surface area contributed by atoms with E-state index in [0.717, 1.165) is 5.65 Å². The van der Waals surface area contributed by atoms with Crippen LogP contribution in [0.3, 0.4) is 0 Å². The van der Waals surface area contributed by atoms with Crippen LogP contribution < -0.4 is 0 Å². The van der Waals surface area contributed by atoms with E-state index in [0.29, 0.717) is 5.52 Å². The number of rotatable bonds is 0. The summed E-state index contributed by atoms with van der Waals surface area (Å²) in [5, 5.41) is 0. The molecule has 2 heterocycles. The first-order chi connectivity index (χ1) is 4.88. The molecule has 4 nitrogen and oxygen atoms in total. The van der Waals surface area contributed by atoms with Crippen molar-refractivity contribution in [3.8, 4) is 0 Å². The van der Waals surface area contributed by atoms with Gasteiger partial charge in [0.25, 0.3) is 0 Å². The van der Waals surface area contributed by atoms with Crippen LogP contribution in [-0.4, -0.2) is 19.5 Å². The molecule has 0 unspecified atom stereocenters. The molecule has 62 valence electrons. The number of hydrogen-bond donors (Lipinski definition) is 0. The Morgan fingerprint density at radius 1 is 1.42 bits per heavy atom. The minimum Gasteiger partial charge on any atom is -0.522 e. The molecular formula is C6H4N4W2-2. The summed E-state index contributed by atoms with van der Waals surface area (Å²) < 4.78 is 1.80. The van der Waals surface area contributed by atoms with Crippen LogP contribution in [0.25, 0.3) is 11.2 Å². The zero-order valence-electron chi connectivity index (χ0n) is 6.18. The molecule has 12 heavy (non-hydrogen) atoms. The normalized spacial score (nSPS) is 8.75. The van der Waals surface area contributed by atoms with E-state index in [2.05, 4.69) is 27.5 Å². The number of fused-ring (bicyclic) bond motifs is 1. The number of aromatic nitrogens is 4. The standard InChI is InChI=1S/C6H4N4.2W/c1-10-4-9-5-2-7-3-8-6(5)10;;/h4H,1H3;;/q-2;;. The van der Waals surface area contributed by atoms with Gasteiger partial charge in [-0.1, -0.05) is 5.65 Å². The fourth-order valence-corrected chi connectivity index (χ4v) is 0.785. The summed E-state index contributed by atoms with van der Waals surface area (Å²) in [6.45, 7) is 0. The molecule has 0 aliphatic rings. The Bertz CT molecular complexity index is 359. The predicted molar refractivity (Wildman–Crippen MR) is 34.0 cm³/mol. The van der Waals surface area contributed by atoms with Gasteiger partial charge in [0.1, 0.15) is 0 Å². The summed E-state index contributed by atoms with van der Waals surface area (Å²) in [5.41, 5.74) is 1.44. The third-order valence-corrected chi connectivity index (χ3v) is 1.27. The molecule has 0 radical (unpaired) electrons. The van der Waals surface area contributed by atoms with E-state index in [1.807, 2.05) is 7.05 Å². The Hall–Kier alpha value is -0.0734. The van der Waals surface area contributed by atoms with Crippen molar-refractivity contribution in [1.82, 2.24) is 19.5 Å². The first-order valence-electron chi connectivity index (χ1n) is 2.81. The summed E-state index contributed by atoms with van der Waals surface area (Å²) in [6, 6.07) is 0. The third kappa shape index (κ3) is 1.99. The molecule has 0 aliphatic carbocycles. The number of imidazole rings is 1. The summed E-state index contributed by atoms with van der Waals surface area (Å²) in [6.07, 6.45) is 6.79. The molecule has 0 amide bonds. The Labute approximate surface area is 98.3 Å². The van der Waals surface area contributed by atoms with Gasteiger partial charge in [0.05, 0.1) is 6.33 Å². The minimum atomic E-state index is 0. The molecule has 2 rings (SSSR count). The quantitative estimate of drug-likeness (QED) is 0.478. The number of nitrogens with zero attached hydrogens (tertiary/aromatic N) is 4. The first kappa shape index (κ1) is 11.9. The molecule has 0 saturated heterocycles. The Morgan fingerprint density at radius 2 is 2.17 bits per heavy atom. The van der Waals surface area contributed by atoms with Crippen molar-refractivity contribution in [3.05, 3.63) is 18.9 Å². The summed E-state index contributed by atoms with van der Waals surface area (Å²) in [5.74, 6) is 0. The topological polar surface area (TPSA) is 43.6 Å². The molecule has 0 saturated carbocycles. The van der Waals surface area contributed by atoms with Gasteiger partial charge in [-0.2, -0.15) is 6.33 Å². The molecule has 2 aromatic rings. The second-order valence-corrected chi connectivity index (χ2v) is 1.96. The van der Waals surface area contributed by atoms with Gasteiger partial charge in [0.2, 0.25) is 0 Å². The maximum atomic E-state index is 3.98. The van der Waals surface area contributed by atoms with Gasteiger partial charge < -0.3 is 14.5 Å². The van der Waals surface area contributed by atoms with Crippen LogP contribution in [0.4, 0.5) is 0 Å². The second kappa shape index (κ2) is 4.83. The SMILES string of the molecule is Cn1cnc2[c-]n[c-]nc21.[W].[W]. The summed E-state index contributed by atoms with van der Waals surface area (Å²) in [7, 11) is 1.87. The largest absolute Gasteiger partial charge is 0.522 e. The molecule has 0 atom stereocenters. The fourth-order valence-electron chi connectivity index (χ4n) is 0.785. The van der Waals surface area contributed by atoms with Gasteiger partial charge in [-0.3, -0.25) is 4.98 Å². The van der Waals surface area contributed by atoms with E-state index in [4.69, 9.17) is 0 Å². The zero-order valence-corrected chi connectivity index (χ0v) is 12.0. The van der Waals surface area contributed by atoms with Crippen LogP contribution >= 0.6 is 0 Å². The van der Waals surface area contributed by atoms with Crippen molar-refractivity contribution in [3.63, 3.8) is 0 Å². The molecule has 2 aromatic heterocycles. The molecule has 0 fully saturated rings. The first-order valence-corrected chi connectivity index (χ1v) is 2.81. The van der Waals surface area contributed by atoms with Crippen molar-refractivity contribution < 1.29 is 42.1 Å². The Balaban J connectivity index is 0.000000605. The molecule has 0 spiro atoms. The van der Waals surface area contributed by atoms with Crippen LogP contribution in [0.1, 0.15) is 0 Å². The second-order valence-electron chi connectivity index (χ2n) is 1.96. The van der Waals surface area contributed by atoms with Gasteiger partial charge >= 0.3 is 0 Å². The van der Waals surface area contributed by atoms with Gasteiger partial charge in [-0.05, 0) is 7.05 Å². The molecule has 6 heteroatoms. The monoisotopic (exact) mass is 500 g/mol. The average Bonchev–Trinajstić information content (AvgIpc) is 2.34. The molecule has 0 aliphatic heterocycles. The predicted octanol–water partition coefficient (Wildman–Crippen LogP) is -0.0413. The smallest absolute Gasteiger partial charge is 0.0707 e. The van der Waals surface area contributed by atoms with Crippen LogP contribution in [-0.2, 0) is 49.2 Å². The van der Waals surface area contributed by atoms with E-state index in [-0.39, 0.29) is 42.1 Å². The van der Waals surface area contributed by atoms with Crippen molar-refractivity contribution in [1.29, 1.82) is 0 Å². The maximum absolute atomic E-state index is 3.98. The van der Waals surface area contributed by atoms with Crippen molar-refractivity contribution in [2.24, 2.45) is 7.05 Å². The molecule has 0 bridgehead atoms. The van der Waals surface area contributed by atoms with Crippen molar-refractivity contribution >= 4 is 11.2 Å². The molecular weight excluding hydrogens is 496 g/mol. The number of aryl methyl sites for hydroxylation is 1. The van der Waals surface area contributed by atoms with Gasteiger partial charge in [-0.15, -0.1) is 5.52 Å². The van der Waals surface area contributed by atoms with Crippen LogP contribution in [0.2, 0.25) is 0 Å². The summed E-state index contributed by atoms with van der Waals surface area (Å²) in [4.78, 5) is 11.4. The van der Waals surface area contributed by atoms with Crippen molar-refractivity contribution in [2.75, 3.05) is 0 Å². The zero-order chi connectivity index (χ0) is 6.97. The van der Waals surface area contributed by atoms with E-state index in [9.17, 15) is 0 Å². The number of hydrogen-bond acceptors (Lipinski definition) is 3. The van der Waals surface area contributed by atoms with E-state index < -0.39 is 0 Å². The average molecular weight is 500 g/mol. The Morgan fingerprint density at radius 3 is 2.83 bits per heavy atom. The van der Waals surface area contributed by atoms with E-state index >= 15 is 0 Å². The van der Waals surface area contributed by atoms with Gasteiger partial charge in [0, 0.05) is 42.1 Å². The van der Waals surface area contributed by atoms with Crippen LogP contribution in [0.15, 0.2) is 6.33 Å². The van der Waals surface area contributed by atoms with Crippen LogP contribution in [0.5, 0.6) is 0 Å². The molecule has 0 N–H and O–H groups in total. The van der Waals surface area contributed by atoms with Gasteiger partial charge in [0.15, 0.2) is 0 Å². The van der Waals surface area contributed by atoms with Gasteiger partial charge in [-0.25, -0.2) is 6.20 Å². The Kier molecular flexibility index (Phi) is 4.80. The maximum Gasteiger partial charge on any atom is 0.0707 e. The third-order valence-electron chi connectivity index (χ3n) is 1.27. The minimum absolute atomic E-state index is 0. The fraction of sp³-hybridized carbons (Fsp3) is 0.167. The molecule has 0 aromatic carbocycles. The van der Waals surface area contributed by atoms with Crippen molar-refractivity contribution in [2.45, 2.75) is 0 Å². The van der Waals surface area contributed by atoms with Crippen LogP contribution in [0, 0.1) is 12.5 Å². The summed E-state index contributed by atoms with van der Waals surface area (Å²) >= 11 is 0.